The number of hydrogen-bond donors (Lipinski definition) is 0. The molecule has 0 spiro atoms. The van der Waals surface area contributed by atoms with Crippen molar-refractivity contribution in [1.82, 2.24) is 0 Å². The summed E-state index contributed by atoms with van der Waals surface area (Å²) in [5.41, 5.74) is -1.33. The first-order valence-electron chi connectivity index (χ1n) is 13.5. The van der Waals surface area contributed by atoms with Crippen LogP contribution in [-0.2, 0) is 10.8 Å². The molecule has 1 fully saturated rings. The number of nitriles is 1. The molecule has 3 aromatic carbocycles. The van der Waals surface area contributed by atoms with E-state index in [1.54, 1.807) is 29.6 Å². The van der Waals surface area contributed by atoms with Crippen LogP contribution in [-0.4, -0.2) is 24.7 Å². The molecule has 0 saturated carbocycles. The molecule has 1 aliphatic rings. The molecule has 1 heterocycles. The quantitative estimate of drug-likeness (QED) is 0.148. The zero-order valence-electron chi connectivity index (χ0n) is 22.8. The molecule has 0 aromatic heterocycles. The minimum atomic E-state index is -4.31. The molecule has 0 radical (unpaired) electrons. The van der Waals surface area contributed by atoms with Gasteiger partial charge in [0.05, 0.1) is 16.8 Å². The minimum Gasteiger partial charge on any atom is -0.429 e. The number of halogens is 6. The lowest BCUT2D eigenvalue weighted by Crippen LogP contribution is -2.23. The number of rotatable bonds is 12. The number of ether oxygens (including phenoxy) is 2. The first-order chi connectivity index (χ1) is 20.1. The molecule has 0 bridgehead atoms. The summed E-state index contributed by atoms with van der Waals surface area (Å²) in [4.78, 5) is 0. The highest BCUT2D eigenvalue weighted by atomic mass is 32.2. The largest absolute Gasteiger partial charge is 0.429 e. The van der Waals surface area contributed by atoms with E-state index in [0.29, 0.717) is 24.7 Å². The number of unbranched alkanes of at least 4 members (excludes halogenated alkanes) is 3. The van der Waals surface area contributed by atoms with E-state index in [1.807, 2.05) is 0 Å². The smallest absolute Gasteiger partial charge is 0.429 e. The topological polar surface area (TPSA) is 42.2 Å². The van der Waals surface area contributed by atoms with Crippen molar-refractivity contribution in [2.24, 2.45) is 5.92 Å². The van der Waals surface area contributed by atoms with Gasteiger partial charge in [-0.15, -0.1) is 23.5 Å². The van der Waals surface area contributed by atoms with Gasteiger partial charge in [0.1, 0.15) is 40.7 Å². The fourth-order valence-corrected chi connectivity index (χ4v) is 7.47. The molecular formula is C31H29F6NO2S2. The van der Waals surface area contributed by atoms with E-state index in [-0.39, 0.29) is 15.7 Å². The summed E-state index contributed by atoms with van der Waals surface area (Å²) in [6.45, 7) is 3.65. The SMILES string of the molecule is CCCCCCOCC1CSC(c2ccc(-c3ccc(C(F)(F)Oc4cc(F)c(C#N)c(F)c4)c(F)c3)c(F)c2)SC1. The summed E-state index contributed by atoms with van der Waals surface area (Å²) < 4.78 is 97.2. The summed E-state index contributed by atoms with van der Waals surface area (Å²) >= 11 is 3.43. The lowest BCUT2D eigenvalue weighted by atomic mass is 10.0. The lowest BCUT2D eigenvalue weighted by Gasteiger charge is -2.28. The molecule has 11 heteroatoms. The average molecular weight is 626 g/mol. The van der Waals surface area contributed by atoms with Crippen LogP contribution in [0.25, 0.3) is 11.1 Å². The molecule has 3 aromatic rings. The van der Waals surface area contributed by atoms with Gasteiger partial charge in [-0.25, -0.2) is 17.6 Å². The Morgan fingerprint density at radius 2 is 1.60 bits per heavy atom. The fourth-order valence-electron chi connectivity index (χ4n) is 4.46. The number of thioether (sulfide) groups is 2. The molecule has 0 N–H and O–H groups in total. The molecule has 42 heavy (non-hydrogen) atoms. The first-order valence-corrected chi connectivity index (χ1v) is 15.6. The third-order valence-corrected chi connectivity index (χ3v) is 9.99. The van der Waals surface area contributed by atoms with Crippen molar-refractivity contribution < 1.29 is 35.8 Å². The minimum absolute atomic E-state index is 0.0289. The lowest BCUT2D eigenvalue weighted by molar-refractivity contribution is -0.187. The van der Waals surface area contributed by atoms with Crippen molar-refractivity contribution in [3.05, 3.63) is 88.5 Å². The number of nitrogens with zero attached hydrogens (tertiary/aromatic N) is 1. The van der Waals surface area contributed by atoms with Crippen LogP contribution in [0.5, 0.6) is 5.75 Å². The summed E-state index contributed by atoms with van der Waals surface area (Å²) in [7, 11) is 0. The van der Waals surface area contributed by atoms with Crippen molar-refractivity contribution in [3.63, 3.8) is 0 Å². The van der Waals surface area contributed by atoms with Crippen LogP contribution in [0.15, 0.2) is 48.5 Å². The second kappa shape index (κ2) is 14.6. The second-order valence-corrected chi connectivity index (χ2v) is 12.5. The van der Waals surface area contributed by atoms with Crippen molar-refractivity contribution in [2.45, 2.75) is 43.3 Å². The van der Waals surface area contributed by atoms with Crippen molar-refractivity contribution in [3.8, 4) is 22.9 Å². The highest BCUT2D eigenvalue weighted by Crippen LogP contribution is 2.46. The Morgan fingerprint density at radius 1 is 0.881 bits per heavy atom. The molecule has 0 unspecified atom stereocenters. The third kappa shape index (κ3) is 7.97. The molecule has 1 aliphatic heterocycles. The van der Waals surface area contributed by atoms with Crippen molar-refractivity contribution >= 4 is 23.5 Å². The Kier molecular flexibility index (Phi) is 11.1. The number of hydrogen-bond acceptors (Lipinski definition) is 5. The van der Waals surface area contributed by atoms with Gasteiger partial charge in [0.25, 0.3) is 0 Å². The molecule has 0 aliphatic carbocycles. The summed E-state index contributed by atoms with van der Waals surface area (Å²) in [6, 6.07) is 9.29. The van der Waals surface area contributed by atoms with Crippen LogP contribution < -0.4 is 4.74 Å². The van der Waals surface area contributed by atoms with E-state index in [1.165, 1.54) is 37.5 Å². The summed E-state index contributed by atoms with van der Waals surface area (Å²) in [6.07, 6.45) is 0.335. The van der Waals surface area contributed by atoms with Gasteiger partial charge in [-0.05, 0) is 35.7 Å². The van der Waals surface area contributed by atoms with E-state index in [0.717, 1.165) is 48.3 Å². The highest BCUT2D eigenvalue weighted by Gasteiger charge is 2.38. The zero-order chi connectivity index (χ0) is 30.3. The van der Waals surface area contributed by atoms with Gasteiger partial charge >= 0.3 is 6.11 Å². The van der Waals surface area contributed by atoms with Gasteiger partial charge < -0.3 is 9.47 Å². The Bertz CT molecular complexity index is 1400. The molecule has 0 amide bonds. The Labute approximate surface area is 249 Å². The molecule has 0 atom stereocenters. The maximum Gasteiger partial charge on any atom is 0.429 e. The van der Waals surface area contributed by atoms with Crippen molar-refractivity contribution in [2.75, 3.05) is 24.7 Å². The molecule has 3 nitrogen and oxygen atoms in total. The molecular weight excluding hydrogens is 596 g/mol. The van der Waals surface area contributed by atoms with Crippen LogP contribution in [0.4, 0.5) is 26.3 Å². The molecule has 1 saturated heterocycles. The maximum absolute atomic E-state index is 15.1. The van der Waals surface area contributed by atoms with Gasteiger partial charge in [-0.1, -0.05) is 44.4 Å². The average Bonchev–Trinajstić information content (AvgIpc) is 2.94. The molecule has 4 rings (SSSR count). The predicted molar refractivity (Wildman–Crippen MR) is 153 cm³/mol. The van der Waals surface area contributed by atoms with Gasteiger partial charge in [0.15, 0.2) is 0 Å². The van der Waals surface area contributed by atoms with Crippen LogP contribution >= 0.6 is 23.5 Å². The van der Waals surface area contributed by atoms with Crippen LogP contribution in [0.2, 0.25) is 0 Å². The van der Waals surface area contributed by atoms with Gasteiger partial charge in [-0.2, -0.15) is 14.0 Å². The highest BCUT2D eigenvalue weighted by molar-refractivity contribution is 8.16. The maximum atomic E-state index is 15.1. The monoisotopic (exact) mass is 625 g/mol. The number of benzene rings is 3. The van der Waals surface area contributed by atoms with E-state index >= 15 is 4.39 Å². The van der Waals surface area contributed by atoms with Gasteiger partial charge in [0, 0.05) is 41.7 Å². The van der Waals surface area contributed by atoms with Gasteiger partial charge in [-0.3, -0.25) is 0 Å². The summed E-state index contributed by atoms with van der Waals surface area (Å²) in [5.74, 6) is -3.54. The first kappa shape index (κ1) is 32.1. The third-order valence-electron chi connectivity index (χ3n) is 6.69. The molecule has 224 valence electrons. The predicted octanol–water partition coefficient (Wildman–Crippen LogP) is 9.60. The van der Waals surface area contributed by atoms with Crippen LogP contribution in [0.1, 0.15) is 53.9 Å². The van der Waals surface area contributed by atoms with Crippen LogP contribution in [0.3, 0.4) is 0 Å². The fraction of sp³-hybridized carbons (Fsp3) is 0.387. The van der Waals surface area contributed by atoms with E-state index in [2.05, 4.69) is 11.7 Å². The van der Waals surface area contributed by atoms with Crippen LogP contribution in [0, 0.1) is 40.5 Å². The summed E-state index contributed by atoms with van der Waals surface area (Å²) in [5, 5.41) is 8.72. The van der Waals surface area contributed by atoms with Crippen molar-refractivity contribution in [1.29, 1.82) is 5.26 Å². The van der Waals surface area contributed by atoms with Gasteiger partial charge in [0.2, 0.25) is 0 Å². The number of alkyl halides is 2. The van der Waals surface area contributed by atoms with E-state index in [9.17, 15) is 22.0 Å². The standard InChI is InChI=1S/C31H29F6NO2S2/c1-2-3-4-5-10-39-16-19-17-41-30(42-18-19)21-6-8-23(26(32)12-21)20-7-9-25(29(35)11-20)31(36,37)40-22-13-27(33)24(15-38)28(34)14-22/h6-9,11-14,19,30H,2-5,10,16-18H2,1H3. The second-order valence-electron chi connectivity index (χ2n) is 9.93. The zero-order valence-corrected chi connectivity index (χ0v) is 24.4. The Balaban J connectivity index is 1.39. The normalized spacial score (nSPS) is 17.2. The van der Waals surface area contributed by atoms with E-state index < -0.39 is 46.3 Å². The van der Waals surface area contributed by atoms with E-state index in [4.69, 9.17) is 10.00 Å². The Morgan fingerprint density at radius 3 is 2.21 bits per heavy atom. The Hall–Kier alpha value is -2.81.